The molecule has 0 fully saturated rings. The highest BCUT2D eigenvalue weighted by molar-refractivity contribution is 6.12. The molecule has 1 unspecified atom stereocenters. The summed E-state index contributed by atoms with van der Waals surface area (Å²) in [5, 5.41) is 20.5. The Bertz CT molecular complexity index is 884. The second-order valence-corrected chi connectivity index (χ2v) is 11.9. The molecule has 0 saturated carbocycles. The van der Waals surface area contributed by atoms with Crippen molar-refractivity contribution in [1.82, 2.24) is 0 Å². The van der Waals surface area contributed by atoms with Gasteiger partial charge in [0.15, 0.2) is 11.6 Å². The molecule has 0 aliphatic carbocycles. The predicted molar refractivity (Wildman–Crippen MR) is 187 cm³/mol. The fourth-order valence-corrected chi connectivity index (χ4v) is 5.09. The van der Waals surface area contributed by atoms with E-state index in [-0.39, 0.29) is 12.8 Å². The normalized spacial score (nSPS) is 13.3. The van der Waals surface area contributed by atoms with E-state index >= 15 is 0 Å². The van der Waals surface area contributed by atoms with Gasteiger partial charge in [-0.3, -0.25) is 9.59 Å². The number of unbranched alkanes of at least 4 members (excludes halogenated alkanes) is 15. The molecule has 0 spiro atoms. The number of aliphatic hydroxyl groups excluding tert-OH is 2. The average Bonchev–Trinajstić information content (AvgIpc) is 3.04. The van der Waals surface area contributed by atoms with E-state index in [4.69, 9.17) is 4.74 Å². The molecule has 2 N–H and O–H groups in total. The zero-order chi connectivity index (χ0) is 33.4. The van der Waals surface area contributed by atoms with E-state index in [0.29, 0.717) is 12.8 Å². The molecule has 0 aliphatic rings. The van der Waals surface area contributed by atoms with E-state index < -0.39 is 35.8 Å². The maximum atomic E-state index is 13.4. The molecule has 6 heteroatoms. The summed E-state index contributed by atoms with van der Waals surface area (Å²) in [6.07, 6.45) is 35.0. The first-order valence-corrected chi connectivity index (χ1v) is 17.8. The Balaban J connectivity index is 5.11. The lowest BCUT2D eigenvalue weighted by atomic mass is 9.82. The Labute approximate surface area is 274 Å². The van der Waals surface area contributed by atoms with Crippen molar-refractivity contribution in [3.8, 4) is 0 Å². The Morgan fingerprint density at radius 1 is 0.578 bits per heavy atom. The molecule has 0 rings (SSSR count). The van der Waals surface area contributed by atoms with Crippen LogP contribution in [0.3, 0.4) is 0 Å². The molecule has 0 aliphatic heterocycles. The van der Waals surface area contributed by atoms with Crippen LogP contribution in [0.2, 0.25) is 0 Å². The maximum Gasteiger partial charge on any atom is 0.332 e. The first-order chi connectivity index (χ1) is 21.9. The van der Waals surface area contributed by atoms with Gasteiger partial charge in [-0.05, 0) is 25.7 Å². The van der Waals surface area contributed by atoms with Crippen molar-refractivity contribution >= 4 is 17.5 Å². The summed E-state index contributed by atoms with van der Waals surface area (Å²) >= 11 is 0. The van der Waals surface area contributed by atoms with Crippen LogP contribution in [0, 0.1) is 0 Å². The second-order valence-electron chi connectivity index (χ2n) is 11.9. The highest BCUT2D eigenvalue weighted by Gasteiger charge is 2.53. The number of carbonyl (C=O) groups excluding carboxylic acids is 3. The van der Waals surface area contributed by atoms with Crippen LogP contribution >= 0.6 is 0 Å². The van der Waals surface area contributed by atoms with Crippen molar-refractivity contribution in [1.29, 1.82) is 0 Å². The Morgan fingerprint density at radius 2 is 0.978 bits per heavy atom. The summed E-state index contributed by atoms with van der Waals surface area (Å²) in [7, 11) is 0. The van der Waals surface area contributed by atoms with Crippen LogP contribution in [0.15, 0.2) is 60.8 Å². The predicted octanol–water partition coefficient (Wildman–Crippen LogP) is 9.40. The summed E-state index contributed by atoms with van der Waals surface area (Å²) in [4.78, 5) is 39.6. The quantitative estimate of drug-likeness (QED) is 0.0270. The number of ether oxygens (including phenoxy) is 1. The number of allylic oxidation sites excluding steroid dienone is 9. The largest absolute Gasteiger partial charge is 0.437 e. The Hall–Kier alpha value is -2.57. The minimum absolute atomic E-state index is 0.00806. The standard InChI is InChI=1S/C39H64O6/c1-4-7-10-13-14-15-16-17-18-19-20-21-22-23-24-27-30-33-38(44)45-39(37(43)34-40,35(41)31-28-25-11-8-5-2)36(42)32-29-26-12-9-6-3/h18-24,27,30,33,37,40,43H,4-17,25-26,28-29,31-32,34H2,1-3H3. The number of aliphatic hydroxyl groups is 2. The average molecular weight is 629 g/mol. The van der Waals surface area contributed by atoms with Gasteiger partial charge in [0.2, 0.25) is 0 Å². The summed E-state index contributed by atoms with van der Waals surface area (Å²) in [5.41, 5.74) is -2.40. The molecule has 0 aromatic rings. The number of carbonyl (C=O) groups is 3. The lowest BCUT2D eigenvalue weighted by Gasteiger charge is -2.34. The zero-order valence-corrected chi connectivity index (χ0v) is 28.7. The van der Waals surface area contributed by atoms with Crippen LogP contribution in [-0.4, -0.2) is 46.1 Å². The number of hydrogen-bond acceptors (Lipinski definition) is 6. The molecule has 0 aromatic heterocycles. The topological polar surface area (TPSA) is 101 Å². The van der Waals surface area contributed by atoms with Gasteiger partial charge in [0, 0.05) is 18.9 Å². The zero-order valence-electron chi connectivity index (χ0n) is 28.7. The van der Waals surface area contributed by atoms with Crippen molar-refractivity contribution in [3.05, 3.63) is 60.8 Å². The van der Waals surface area contributed by atoms with Crippen LogP contribution in [0.5, 0.6) is 0 Å². The monoisotopic (exact) mass is 628 g/mol. The summed E-state index contributed by atoms with van der Waals surface area (Å²) < 4.78 is 5.49. The van der Waals surface area contributed by atoms with Crippen molar-refractivity contribution in [3.63, 3.8) is 0 Å². The van der Waals surface area contributed by atoms with Gasteiger partial charge in [-0.1, -0.05) is 165 Å². The van der Waals surface area contributed by atoms with E-state index in [2.05, 4.69) is 26.8 Å². The highest BCUT2D eigenvalue weighted by Crippen LogP contribution is 2.27. The van der Waals surface area contributed by atoms with Crippen molar-refractivity contribution < 1.29 is 29.3 Å². The van der Waals surface area contributed by atoms with Gasteiger partial charge >= 0.3 is 5.97 Å². The van der Waals surface area contributed by atoms with E-state index in [0.717, 1.165) is 63.9 Å². The van der Waals surface area contributed by atoms with Gasteiger partial charge in [-0.25, -0.2) is 4.79 Å². The minimum Gasteiger partial charge on any atom is -0.437 e. The minimum atomic E-state index is -2.40. The molecule has 6 nitrogen and oxygen atoms in total. The van der Waals surface area contributed by atoms with Gasteiger partial charge in [-0.2, -0.15) is 0 Å². The van der Waals surface area contributed by atoms with E-state index in [9.17, 15) is 24.6 Å². The third-order valence-corrected chi connectivity index (χ3v) is 7.87. The van der Waals surface area contributed by atoms with Crippen LogP contribution in [0.4, 0.5) is 0 Å². The third kappa shape index (κ3) is 21.0. The third-order valence-electron chi connectivity index (χ3n) is 7.87. The van der Waals surface area contributed by atoms with E-state index in [1.807, 2.05) is 30.4 Å². The lowest BCUT2D eigenvalue weighted by Crippen LogP contribution is -2.60. The number of rotatable bonds is 30. The van der Waals surface area contributed by atoms with Crippen molar-refractivity contribution in [2.75, 3.05) is 6.61 Å². The molecule has 0 heterocycles. The van der Waals surface area contributed by atoms with Crippen LogP contribution in [-0.2, 0) is 19.1 Å². The Morgan fingerprint density at radius 3 is 1.44 bits per heavy atom. The van der Waals surface area contributed by atoms with Gasteiger partial charge in [0.1, 0.15) is 6.10 Å². The number of Topliss-reactive ketones (excluding diaryl/α,β-unsaturated/α-hetero) is 2. The Kier molecular flexibility index (Phi) is 28.4. The van der Waals surface area contributed by atoms with Gasteiger partial charge in [0.25, 0.3) is 5.60 Å². The van der Waals surface area contributed by atoms with Gasteiger partial charge < -0.3 is 14.9 Å². The van der Waals surface area contributed by atoms with E-state index in [1.54, 1.807) is 12.2 Å². The summed E-state index contributed by atoms with van der Waals surface area (Å²) in [5.74, 6) is -2.22. The molecule has 0 aromatic carbocycles. The molecule has 0 amide bonds. The molecule has 0 radical (unpaired) electrons. The highest BCUT2D eigenvalue weighted by atomic mass is 16.6. The number of esters is 1. The lowest BCUT2D eigenvalue weighted by molar-refractivity contribution is -0.185. The van der Waals surface area contributed by atoms with Crippen molar-refractivity contribution in [2.24, 2.45) is 0 Å². The smallest absolute Gasteiger partial charge is 0.332 e. The van der Waals surface area contributed by atoms with Crippen molar-refractivity contribution in [2.45, 2.75) is 161 Å². The van der Waals surface area contributed by atoms with Gasteiger partial charge in [-0.15, -0.1) is 0 Å². The molecular formula is C39H64O6. The molecule has 45 heavy (non-hydrogen) atoms. The summed E-state index contributed by atoms with van der Waals surface area (Å²) in [6, 6.07) is 0. The molecule has 0 bridgehead atoms. The van der Waals surface area contributed by atoms with Gasteiger partial charge in [0.05, 0.1) is 6.61 Å². The first kappa shape index (κ1) is 42.4. The fraction of sp³-hybridized carbons (Fsp3) is 0.667. The molecular weight excluding hydrogens is 564 g/mol. The van der Waals surface area contributed by atoms with Crippen LogP contribution in [0.25, 0.3) is 0 Å². The number of ketones is 2. The molecule has 0 saturated heterocycles. The fourth-order valence-electron chi connectivity index (χ4n) is 5.09. The maximum absolute atomic E-state index is 13.4. The molecule has 1 atom stereocenters. The second kappa shape index (κ2) is 30.1. The van der Waals surface area contributed by atoms with E-state index in [1.165, 1.54) is 51.0 Å². The first-order valence-electron chi connectivity index (χ1n) is 17.8. The van der Waals surface area contributed by atoms with Crippen LogP contribution < -0.4 is 0 Å². The SMILES string of the molecule is CCCCCCCCCC=CC=CC=CC=CC=CC(=O)OC(C(=O)CCCCCCC)(C(=O)CCCCCCC)C(O)CO. The molecule has 256 valence electrons. The number of hydrogen-bond donors (Lipinski definition) is 2. The van der Waals surface area contributed by atoms with Crippen LogP contribution in [0.1, 0.15) is 149 Å². The summed E-state index contributed by atoms with van der Waals surface area (Å²) in [6.45, 7) is 5.56.